The molecule has 0 fully saturated rings. The van der Waals surface area contributed by atoms with E-state index in [4.69, 9.17) is 9.47 Å². The molecule has 0 bridgehead atoms. The Morgan fingerprint density at radius 2 is 1.68 bits per heavy atom. The number of halogens is 1. The molecule has 0 heterocycles. The minimum Gasteiger partial charge on any atom is -0.493 e. The first-order valence-corrected chi connectivity index (χ1v) is 5.31. The second-order valence-electron chi connectivity index (χ2n) is 3.64. The molecule has 19 heavy (non-hydrogen) atoms. The number of hydrogen-bond acceptors (Lipinski definition) is 6. The SMILES string of the molecule is COC(=O)C(O)C(O)c1cc(OC)c(OC)cc1F. The van der Waals surface area contributed by atoms with Gasteiger partial charge in [-0.3, -0.25) is 0 Å². The number of aliphatic hydroxyl groups excluding tert-OH is 2. The summed E-state index contributed by atoms with van der Waals surface area (Å²) in [7, 11) is 3.71. The Kier molecular flexibility index (Phi) is 5.08. The maximum atomic E-state index is 13.8. The van der Waals surface area contributed by atoms with Gasteiger partial charge in [-0.2, -0.15) is 0 Å². The van der Waals surface area contributed by atoms with Crippen molar-refractivity contribution in [2.75, 3.05) is 21.3 Å². The summed E-state index contributed by atoms with van der Waals surface area (Å²) in [6, 6.07) is 2.13. The minimum absolute atomic E-state index is 0.128. The molecule has 0 radical (unpaired) electrons. The van der Waals surface area contributed by atoms with Crippen molar-refractivity contribution in [3.63, 3.8) is 0 Å². The van der Waals surface area contributed by atoms with Gasteiger partial charge in [-0.15, -0.1) is 0 Å². The lowest BCUT2D eigenvalue weighted by molar-refractivity contribution is -0.156. The van der Waals surface area contributed by atoms with Crippen molar-refractivity contribution >= 4 is 5.97 Å². The van der Waals surface area contributed by atoms with Crippen LogP contribution in [0.15, 0.2) is 12.1 Å². The average Bonchev–Trinajstić information content (AvgIpc) is 2.44. The van der Waals surface area contributed by atoms with Crippen LogP contribution in [-0.2, 0) is 9.53 Å². The van der Waals surface area contributed by atoms with E-state index in [0.29, 0.717) is 0 Å². The van der Waals surface area contributed by atoms with Gasteiger partial charge in [0.05, 0.1) is 21.3 Å². The highest BCUT2D eigenvalue weighted by Crippen LogP contribution is 2.33. The lowest BCUT2D eigenvalue weighted by Crippen LogP contribution is -2.29. The Balaban J connectivity index is 3.16. The molecule has 1 rings (SSSR count). The first kappa shape index (κ1) is 15.2. The highest BCUT2D eigenvalue weighted by atomic mass is 19.1. The molecule has 0 aliphatic rings. The molecule has 1 aromatic carbocycles. The molecule has 0 aliphatic carbocycles. The van der Waals surface area contributed by atoms with E-state index < -0.39 is 24.0 Å². The summed E-state index contributed by atoms with van der Waals surface area (Å²) >= 11 is 0. The monoisotopic (exact) mass is 274 g/mol. The highest BCUT2D eigenvalue weighted by molar-refractivity contribution is 5.75. The summed E-state index contributed by atoms with van der Waals surface area (Å²) in [5.74, 6) is -1.62. The fourth-order valence-corrected chi connectivity index (χ4v) is 1.52. The molecule has 7 heteroatoms. The van der Waals surface area contributed by atoms with E-state index in [-0.39, 0.29) is 17.1 Å². The van der Waals surface area contributed by atoms with E-state index in [2.05, 4.69) is 4.74 Å². The standard InChI is InChI=1S/C12H15FO6/c1-17-8-4-6(7(13)5-9(8)18-2)10(14)11(15)12(16)19-3/h4-5,10-11,14-15H,1-3H3. The first-order valence-electron chi connectivity index (χ1n) is 5.31. The number of rotatable bonds is 5. The van der Waals surface area contributed by atoms with E-state index in [0.717, 1.165) is 19.2 Å². The number of carbonyl (C=O) groups excluding carboxylic acids is 1. The number of benzene rings is 1. The summed E-state index contributed by atoms with van der Waals surface area (Å²) in [4.78, 5) is 11.1. The topological polar surface area (TPSA) is 85.2 Å². The van der Waals surface area contributed by atoms with Gasteiger partial charge in [-0.05, 0) is 6.07 Å². The third kappa shape index (κ3) is 3.12. The van der Waals surface area contributed by atoms with Crippen molar-refractivity contribution in [1.29, 1.82) is 0 Å². The predicted molar refractivity (Wildman–Crippen MR) is 62.5 cm³/mol. The Bertz CT molecular complexity index is 462. The molecule has 2 unspecified atom stereocenters. The molecule has 106 valence electrons. The maximum Gasteiger partial charge on any atom is 0.337 e. The van der Waals surface area contributed by atoms with Gasteiger partial charge in [0, 0.05) is 11.6 Å². The number of esters is 1. The first-order chi connectivity index (χ1) is 8.96. The molecule has 1 aromatic rings. The second kappa shape index (κ2) is 6.35. The van der Waals surface area contributed by atoms with Crippen molar-refractivity contribution in [2.45, 2.75) is 12.2 Å². The Labute approximate surface area is 109 Å². The summed E-state index contributed by atoms with van der Waals surface area (Å²) in [6.45, 7) is 0. The molecule has 0 amide bonds. The summed E-state index contributed by atoms with van der Waals surface area (Å²) in [5.41, 5.74) is -0.296. The third-order valence-electron chi connectivity index (χ3n) is 2.56. The Morgan fingerprint density at radius 1 is 1.16 bits per heavy atom. The van der Waals surface area contributed by atoms with Gasteiger partial charge in [-0.25, -0.2) is 9.18 Å². The van der Waals surface area contributed by atoms with E-state index in [9.17, 15) is 19.4 Å². The molecule has 0 saturated carbocycles. The van der Waals surface area contributed by atoms with Crippen LogP contribution in [0.3, 0.4) is 0 Å². The fraction of sp³-hybridized carbons (Fsp3) is 0.417. The lowest BCUT2D eigenvalue weighted by atomic mass is 10.0. The van der Waals surface area contributed by atoms with E-state index in [1.807, 2.05) is 0 Å². The molecule has 2 atom stereocenters. The Morgan fingerprint density at radius 3 is 2.16 bits per heavy atom. The molecule has 0 aliphatic heterocycles. The van der Waals surface area contributed by atoms with Crippen molar-refractivity contribution < 1.29 is 33.6 Å². The second-order valence-corrected chi connectivity index (χ2v) is 3.64. The quantitative estimate of drug-likeness (QED) is 0.756. The zero-order valence-corrected chi connectivity index (χ0v) is 10.7. The van der Waals surface area contributed by atoms with Gasteiger partial charge in [-0.1, -0.05) is 0 Å². The van der Waals surface area contributed by atoms with Crippen LogP contribution < -0.4 is 9.47 Å². The van der Waals surface area contributed by atoms with Crippen molar-refractivity contribution in [2.24, 2.45) is 0 Å². The van der Waals surface area contributed by atoms with Gasteiger partial charge in [0.1, 0.15) is 11.9 Å². The normalized spacial score (nSPS) is 13.6. The van der Waals surface area contributed by atoms with Crippen LogP contribution in [0.4, 0.5) is 4.39 Å². The predicted octanol–water partition coefficient (Wildman–Crippen LogP) is 0.410. The smallest absolute Gasteiger partial charge is 0.337 e. The summed E-state index contributed by atoms with van der Waals surface area (Å²) in [6.07, 6.45) is -3.66. The van der Waals surface area contributed by atoms with Crippen molar-refractivity contribution in [3.05, 3.63) is 23.5 Å². The van der Waals surface area contributed by atoms with Crippen molar-refractivity contribution in [1.82, 2.24) is 0 Å². The van der Waals surface area contributed by atoms with Crippen LogP contribution >= 0.6 is 0 Å². The largest absolute Gasteiger partial charge is 0.493 e. The number of hydrogen-bond donors (Lipinski definition) is 2. The third-order valence-corrected chi connectivity index (χ3v) is 2.56. The molecule has 0 aromatic heterocycles. The van der Waals surface area contributed by atoms with Crippen LogP contribution in [0.2, 0.25) is 0 Å². The molecule has 6 nitrogen and oxygen atoms in total. The minimum atomic E-state index is -1.89. The van der Waals surface area contributed by atoms with Crippen molar-refractivity contribution in [3.8, 4) is 11.5 Å². The number of methoxy groups -OCH3 is 3. The Hall–Kier alpha value is -1.86. The average molecular weight is 274 g/mol. The van der Waals surface area contributed by atoms with E-state index in [1.165, 1.54) is 14.2 Å². The summed E-state index contributed by atoms with van der Waals surface area (Å²) < 4.78 is 27.9. The number of ether oxygens (including phenoxy) is 3. The van der Waals surface area contributed by atoms with E-state index in [1.54, 1.807) is 0 Å². The van der Waals surface area contributed by atoms with Gasteiger partial charge in [0.2, 0.25) is 0 Å². The number of aliphatic hydroxyl groups is 2. The lowest BCUT2D eigenvalue weighted by Gasteiger charge is -2.18. The van der Waals surface area contributed by atoms with Gasteiger partial charge >= 0.3 is 5.97 Å². The fourth-order valence-electron chi connectivity index (χ4n) is 1.52. The van der Waals surface area contributed by atoms with Crippen LogP contribution in [0.25, 0.3) is 0 Å². The number of carbonyl (C=O) groups is 1. The maximum absolute atomic E-state index is 13.8. The van der Waals surface area contributed by atoms with Crippen LogP contribution in [0.5, 0.6) is 11.5 Å². The van der Waals surface area contributed by atoms with Gasteiger partial charge in [0.15, 0.2) is 17.6 Å². The molecule has 2 N–H and O–H groups in total. The van der Waals surface area contributed by atoms with Gasteiger partial charge < -0.3 is 24.4 Å². The zero-order valence-electron chi connectivity index (χ0n) is 10.7. The van der Waals surface area contributed by atoms with E-state index >= 15 is 0 Å². The molecular weight excluding hydrogens is 259 g/mol. The zero-order chi connectivity index (χ0) is 14.6. The van der Waals surface area contributed by atoms with Crippen LogP contribution in [0, 0.1) is 5.82 Å². The highest BCUT2D eigenvalue weighted by Gasteiger charge is 2.29. The van der Waals surface area contributed by atoms with Gasteiger partial charge in [0.25, 0.3) is 0 Å². The van der Waals surface area contributed by atoms with Crippen LogP contribution in [-0.4, -0.2) is 43.6 Å². The molecule has 0 saturated heterocycles. The van der Waals surface area contributed by atoms with Crippen LogP contribution in [0.1, 0.15) is 11.7 Å². The summed E-state index contributed by atoms with van der Waals surface area (Å²) in [5, 5.41) is 19.3. The molecular formula is C12H15FO6. The molecule has 0 spiro atoms.